The lowest BCUT2D eigenvalue weighted by Crippen LogP contribution is -2.45. The van der Waals surface area contributed by atoms with Crippen molar-refractivity contribution in [2.45, 2.75) is 40.2 Å². The van der Waals surface area contributed by atoms with E-state index in [2.05, 4.69) is 5.32 Å². The second-order valence-electron chi connectivity index (χ2n) is 4.63. The number of nitrogens with two attached hydrogens (primary N) is 1. The first kappa shape index (κ1) is 15.9. The molecule has 0 heterocycles. The van der Waals surface area contributed by atoms with Gasteiger partial charge in [0.15, 0.2) is 0 Å². The molecule has 2 atom stereocenters. The summed E-state index contributed by atoms with van der Waals surface area (Å²) < 4.78 is 4.83. The molecular formula is C12H24N2O3. The van der Waals surface area contributed by atoms with Crippen LogP contribution in [0.1, 0.15) is 34.1 Å². The minimum Gasteiger partial charge on any atom is -0.466 e. The molecule has 1 unspecified atom stereocenters. The maximum Gasteiger partial charge on any atom is 0.306 e. The molecule has 0 aromatic heterocycles. The standard InChI is InChI=1S/C12H24N2O3/c1-5-17-10(15)6-9(4)7-14-12(16)11(13)8(2)3/h8-9,11H,5-7,13H2,1-4H3,(H,14,16)/t9?,11-/m0/s1. The fraction of sp³-hybridized carbons (Fsp3) is 0.833. The van der Waals surface area contributed by atoms with E-state index in [1.54, 1.807) is 6.92 Å². The average Bonchev–Trinajstić information content (AvgIpc) is 2.24. The molecule has 0 saturated heterocycles. The molecule has 1 amide bonds. The largest absolute Gasteiger partial charge is 0.466 e. The molecule has 100 valence electrons. The van der Waals surface area contributed by atoms with Crippen LogP contribution in [-0.4, -0.2) is 31.1 Å². The van der Waals surface area contributed by atoms with Gasteiger partial charge in [-0.1, -0.05) is 20.8 Å². The normalized spacial score (nSPS) is 14.2. The molecule has 0 fully saturated rings. The molecule has 0 aliphatic carbocycles. The lowest BCUT2D eigenvalue weighted by molar-refractivity contribution is -0.144. The first-order valence-electron chi connectivity index (χ1n) is 6.07. The van der Waals surface area contributed by atoms with E-state index in [0.717, 1.165) is 0 Å². The Morgan fingerprint density at radius 1 is 1.29 bits per heavy atom. The minimum atomic E-state index is -0.496. The summed E-state index contributed by atoms with van der Waals surface area (Å²) in [5.74, 6) is -0.245. The van der Waals surface area contributed by atoms with E-state index in [4.69, 9.17) is 10.5 Å². The van der Waals surface area contributed by atoms with Crippen LogP contribution in [0.15, 0.2) is 0 Å². The molecule has 17 heavy (non-hydrogen) atoms. The third-order valence-electron chi connectivity index (χ3n) is 2.47. The van der Waals surface area contributed by atoms with Crippen LogP contribution in [-0.2, 0) is 14.3 Å². The van der Waals surface area contributed by atoms with Crippen LogP contribution < -0.4 is 11.1 Å². The quantitative estimate of drug-likeness (QED) is 0.645. The Bertz CT molecular complexity index is 254. The van der Waals surface area contributed by atoms with E-state index in [9.17, 15) is 9.59 Å². The number of hydrogen-bond acceptors (Lipinski definition) is 4. The second-order valence-corrected chi connectivity index (χ2v) is 4.63. The van der Waals surface area contributed by atoms with Crippen LogP contribution in [0.2, 0.25) is 0 Å². The topological polar surface area (TPSA) is 81.4 Å². The Labute approximate surface area is 103 Å². The molecule has 5 nitrogen and oxygen atoms in total. The lowest BCUT2D eigenvalue weighted by Gasteiger charge is -2.17. The van der Waals surface area contributed by atoms with Gasteiger partial charge < -0.3 is 15.8 Å². The second kappa shape index (κ2) is 8.06. The Hall–Kier alpha value is -1.10. The number of rotatable bonds is 7. The Kier molecular flexibility index (Phi) is 7.54. The number of ether oxygens (including phenoxy) is 1. The van der Waals surface area contributed by atoms with Gasteiger partial charge in [-0.2, -0.15) is 0 Å². The molecule has 0 aromatic carbocycles. The highest BCUT2D eigenvalue weighted by Gasteiger charge is 2.18. The maximum atomic E-state index is 11.5. The predicted molar refractivity (Wildman–Crippen MR) is 66.2 cm³/mol. The smallest absolute Gasteiger partial charge is 0.306 e. The van der Waals surface area contributed by atoms with Crippen molar-refractivity contribution in [2.75, 3.05) is 13.2 Å². The van der Waals surface area contributed by atoms with Crippen LogP contribution in [0.25, 0.3) is 0 Å². The Morgan fingerprint density at radius 3 is 2.35 bits per heavy atom. The zero-order valence-corrected chi connectivity index (χ0v) is 11.2. The third kappa shape index (κ3) is 6.94. The van der Waals surface area contributed by atoms with Gasteiger partial charge in [-0.3, -0.25) is 9.59 Å². The van der Waals surface area contributed by atoms with Gasteiger partial charge in [0, 0.05) is 13.0 Å². The molecule has 0 aliphatic rings. The number of amides is 1. The fourth-order valence-electron chi connectivity index (χ4n) is 1.27. The summed E-state index contributed by atoms with van der Waals surface area (Å²) in [6, 6.07) is -0.496. The molecule has 0 spiro atoms. The van der Waals surface area contributed by atoms with Crippen LogP contribution in [0, 0.1) is 11.8 Å². The summed E-state index contributed by atoms with van der Waals surface area (Å²) in [6.07, 6.45) is 0.311. The van der Waals surface area contributed by atoms with Crippen molar-refractivity contribution < 1.29 is 14.3 Å². The van der Waals surface area contributed by atoms with Crippen LogP contribution in [0.4, 0.5) is 0 Å². The Morgan fingerprint density at radius 2 is 1.88 bits per heavy atom. The first-order valence-corrected chi connectivity index (χ1v) is 6.07. The van der Waals surface area contributed by atoms with E-state index in [1.807, 2.05) is 20.8 Å². The summed E-state index contributed by atoms with van der Waals surface area (Å²) in [5, 5.41) is 2.74. The number of hydrogen-bond donors (Lipinski definition) is 2. The van der Waals surface area contributed by atoms with Crippen LogP contribution >= 0.6 is 0 Å². The SMILES string of the molecule is CCOC(=O)CC(C)CNC(=O)[C@@H](N)C(C)C. The van der Waals surface area contributed by atoms with Crippen molar-refractivity contribution in [1.29, 1.82) is 0 Å². The molecular weight excluding hydrogens is 220 g/mol. The van der Waals surface area contributed by atoms with E-state index >= 15 is 0 Å². The van der Waals surface area contributed by atoms with Crippen molar-refractivity contribution in [3.8, 4) is 0 Å². The summed E-state index contributed by atoms with van der Waals surface area (Å²) in [7, 11) is 0. The van der Waals surface area contributed by atoms with E-state index in [0.29, 0.717) is 19.6 Å². The van der Waals surface area contributed by atoms with Gasteiger partial charge >= 0.3 is 5.97 Å². The number of carbonyl (C=O) groups is 2. The molecule has 0 bridgehead atoms. The third-order valence-corrected chi connectivity index (χ3v) is 2.47. The van der Waals surface area contributed by atoms with Crippen molar-refractivity contribution in [2.24, 2.45) is 17.6 Å². The number of esters is 1. The molecule has 3 N–H and O–H groups in total. The van der Waals surface area contributed by atoms with Gasteiger partial charge in [-0.05, 0) is 18.8 Å². The van der Waals surface area contributed by atoms with Crippen molar-refractivity contribution in [1.82, 2.24) is 5.32 Å². The highest BCUT2D eigenvalue weighted by atomic mass is 16.5. The molecule has 0 rings (SSSR count). The summed E-state index contributed by atoms with van der Waals surface area (Å²) in [4.78, 5) is 22.7. The zero-order valence-electron chi connectivity index (χ0n) is 11.2. The van der Waals surface area contributed by atoms with Gasteiger partial charge in [0.1, 0.15) is 0 Å². The van der Waals surface area contributed by atoms with Crippen LogP contribution in [0.3, 0.4) is 0 Å². The number of carbonyl (C=O) groups excluding carboxylic acids is 2. The van der Waals surface area contributed by atoms with Gasteiger partial charge in [0.25, 0.3) is 0 Å². The van der Waals surface area contributed by atoms with Crippen molar-refractivity contribution >= 4 is 11.9 Å². The summed E-state index contributed by atoms with van der Waals surface area (Å²) in [6.45, 7) is 8.27. The zero-order chi connectivity index (χ0) is 13.4. The van der Waals surface area contributed by atoms with Gasteiger partial charge in [0.2, 0.25) is 5.91 Å². The molecule has 0 aromatic rings. The van der Waals surface area contributed by atoms with Crippen molar-refractivity contribution in [3.05, 3.63) is 0 Å². The van der Waals surface area contributed by atoms with E-state index in [-0.39, 0.29) is 23.7 Å². The monoisotopic (exact) mass is 244 g/mol. The molecule has 5 heteroatoms. The van der Waals surface area contributed by atoms with Gasteiger partial charge in [-0.15, -0.1) is 0 Å². The van der Waals surface area contributed by atoms with Crippen LogP contribution in [0.5, 0.6) is 0 Å². The summed E-state index contributed by atoms with van der Waals surface area (Å²) >= 11 is 0. The van der Waals surface area contributed by atoms with Crippen molar-refractivity contribution in [3.63, 3.8) is 0 Å². The molecule has 0 saturated carbocycles. The van der Waals surface area contributed by atoms with E-state index in [1.165, 1.54) is 0 Å². The van der Waals surface area contributed by atoms with Gasteiger partial charge in [0.05, 0.1) is 12.6 Å². The van der Waals surface area contributed by atoms with E-state index < -0.39 is 6.04 Å². The predicted octanol–water partition coefficient (Wildman–Crippen LogP) is 0.675. The highest BCUT2D eigenvalue weighted by molar-refractivity contribution is 5.81. The Balaban J connectivity index is 3.87. The fourth-order valence-corrected chi connectivity index (χ4v) is 1.27. The molecule has 0 aliphatic heterocycles. The average molecular weight is 244 g/mol. The molecule has 0 radical (unpaired) electrons. The first-order chi connectivity index (χ1) is 7.88. The highest BCUT2D eigenvalue weighted by Crippen LogP contribution is 2.03. The number of nitrogens with one attached hydrogen (secondary N) is 1. The lowest BCUT2D eigenvalue weighted by atomic mass is 10.0. The minimum absolute atomic E-state index is 0.0531. The summed E-state index contributed by atoms with van der Waals surface area (Å²) in [5.41, 5.74) is 5.69. The maximum absolute atomic E-state index is 11.5. The van der Waals surface area contributed by atoms with Gasteiger partial charge in [-0.25, -0.2) is 0 Å².